The molecule has 1 aromatic carbocycles. The van der Waals surface area contributed by atoms with Crippen molar-refractivity contribution in [1.82, 2.24) is 0 Å². The molecule has 13 heavy (non-hydrogen) atoms. The molecular weight excluding hydrogens is 272 g/mol. The van der Waals surface area contributed by atoms with E-state index < -0.39 is 10.7 Å². The van der Waals surface area contributed by atoms with E-state index in [1.54, 1.807) is 17.8 Å². The van der Waals surface area contributed by atoms with E-state index in [4.69, 9.17) is 0 Å². The number of halogens is 1. The van der Waals surface area contributed by atoms with Gasteiger partial charge in [-0.3, -0.25) is 0 Å². The first-order valence-electron chi connectivity index (χ1n) is 3.57. The predicted molar refractivity (Wildman–Crippen MR) is 59.9 cm³/mol. The summed E-state index contributed by atoms with van der Waals surface area (Å²) in [6, 6.07) is 5.33. The summed E-state index contributed by atoms with van der Waals surface area (Å²) in [5.74, 6) is 0.728. The number of hydrogen-bond acceptors (Lipinski definition) is 3. The maximum Gasteiger partial charge on any atom is 0.168 e. The fourth-order valence-corrected chi connectivity index (χ4v) is 2.82. The van der Waals surface area contributed by atoms with Crippen LogP contribution in [-0.4, -0.2) is 14.7 Å². The third-order valence-electron chi connectivity index (χ3n) is 1.54. The number of hydrogen-bond donors (Lipinski definition) is 1. The summed E-state index contributed by atoms with van der Waals surface area (Å²) in [5, 5.41) is 0. The molecule has 1 aromatic rings. The van der Waals surface area contributed by atoms with Gasteiger partial charge in [-0.1, -0.05) is 22.0 Å². The molecule has 0 saturated heterocycles. The average molecular weight is 281 g/mol. The molecule has 2 nitrogen and oxygen atoms in total. The fraction of sp³-hybridized carbons (Fsp3) is 0.250. The van der Waals surface area contributed by atoms with E-state index in [1.807, 2.05) is 18.4 Å². The van der Waals surface area contributed by atoms with E-state index in [0.717, 1.165) is 15.8 Å². The molecule has 0 unspecified atom stereocenters. The van der Waals surface area contributed by atoms with Crippen LogP contribution < -0.4 is 0 Å². The van der Waals surface area contributed by atoms with Gasteiger partial charge < -0.3 is 0 Å². The lowest BCUT2D eigenvalue weighted by atomic mass is 10.2. The zero-order valence-corrected chi connectivity index (χ0v) is 10.3. The Kier molecular flexibility index (Phi) is 4.28. The van der Waals surface area contributed by atoms with Gasteiger partial charge >= 0.3 is 0 Å². The number of rotatable bonds is 3. The van der Waals surface area contributed by atoms with Crippen LogP contribution in [0.25, 0.3) is 0 Å². The highest BCUT2D eigenvalue weighted by molar-refractivity contribution is 9.10. The quantitative estimate of drug-likeness (QED) is 0.863. The molecule has 0 N–H and O–H groups in total. The number of thioether (sulfide) groups is 1. The Labute approximate surface area is 91.8 Å². The van der Waals surface area contributed by atoms with E-state index in [0.29, 0.717) is 4.90 Å². The van der Waals surface area contributed by atoms with Crippen molar-refractivity contribution >= 4 is 38.4 Å². The Bertz CT molecular complexity index is 366. The molecule has 1 rings (SSSR count). The monoisotopic (exact) mass is 280 g/mol. The van der Waals surface area contributed by atoms with Crippen LogP contribution in [0.4, 0.5) is 0 Å². The van der Waals surface area contributed by atoms with Crippen molar-refractivity contribution in [3.63, 3.8) is 0 Å². The minimum Gasteiger partial charge on any atom is -0.227 e. The van der Waals surface area contributed by atoms with Crippen molar-refractivity contribution in [2.45, 2.75) is 10.6 Å². The summed E-state index contributed by atoms with van der Waals surface area (Å²) < 4.78 is 22.5. The number of benzene rings is 1. The molecule has 72 valence electrons. The van der Waals surface area contributed by atoms with Crippen molar-refractivity contribution in [3.05, 3.63) is 28.2 Å². The minimum atomic E-state index is -2.49. The summed E-state index contributed by atoms with van der Waals surface area (Å²) in [7, 11) is -2.49. The SMILES string of the molecule is CSCc1ccc(Br)cc1[SH](=O)=O. The van der Waals surface area contributed by atoms with Crippen molar-refractivity contribution in [2.24, 2.45) is 0 Å². The molecule has 0 saturated carbocycles. The van der Waals surface area contributed by atoms with Crippen LogP contribution >= 0.6 is 27.7 Å². The second kappa shape index (κ2) is 5.02. The Morgan fingerprint density at radius 2 is 2.15 bits per heavy atom. The van der Waals surface area contributed by atoms with E-state index in [9.17, 15) is 8.42 Å². The lowest BCUT2D eigenvalue weighted by Gasteiger charge is -2.02. The van der Waals surface area contributed by atoms with Crippen molar-refractivity contribution in [1.29, 1.82) is 0 Å². The standard InChI is InChI=1S/C8H9BrO2S2/c1-12-5-6-2-3-7(9)4-8(6)13(10)11/h2-4,13H,5H2,1H3. The highest BCUT2D eigenvalue weighted by atomic mass is 79.9. The van der Waals surface area contributed by atoms with Crippen LogP contribution in [0.15, 0.2) is 27.6 Å². The van der Waals surface area contributed by atoms with Gasteiger partial charge in [-0.25, -0.2) is 8.42 Å². The van der Waals surface area contributed by atoms with E-state index in [1.165, 1.54) is 0 Å². The summed E-state index contributed by atoms with van der Waals surface area (Å²) in [4.78, 5) is 0.415. The molecule has 0 fully saturated rings. The third-order valence-corrected chi connectivity index (χ3v) is 3.45. The summed E-state index contributed by atoms with van der Waals surface area (Å²) in [6.45, 7) is 0. The molecular formula is C8H9BrO2S2. The molecule has 0 heterocycles. The van der Waals surface area contributed by atoms with Crippen LogP contribution in [0.3, 0.4) is 0 Å². The molecule has 0 atom stereocenters. The van der Waals surface area contributed by atoms with Gasteiger partial charge in [0.05, 0.1) is 4.90 Å². The Morgan fingerprint density at radius 3 is 2.69 bits per heavy atom. The number of thiol groups is 1. The van der Waals surface area contributed by atoms with Gasteiger partial charge in [0.2, 0.25) is 0 Å². The van der Waals surface area contributed by atoms with E-state index in [-0.39, 0.29) is 0 Å². The Morgan fingerprint density at radius 1 is 1.46 bits per heavy atom. The molecule has 0 aliphatic carbocycles. The van der Waals surface area contributed by atoms with E-state index in [2.05, 4.69) is 15.9 Å². The zero-order chi connectivity index (χ0) is 9.84. The smallest absolute Gasteiger partial charge is 0.168 e. The highest BCUT2D eigenvalue weighted by Crippen LogP contribution is 2.20. The lowest BCUT2D eigenvalue weighted by molar-refractivity contribution is 0.614. The molecule has 0 bridgehead atoms. The lowest BCUT2D eigenvalue weighted by Crippen LogP contribution is -1.89. The summed E-state index contributed by atoms with van der Waals surface area (Å²) >= 11 is 4.85. The third kappa shape index (κ3) is 3.00. The maximum absolute atomic E-state index is 10.9. The molecule has 0 aromatic heterocycles. The topological polar surface area (TPSA) is 34.1 Å². The molecule has 0 aliphatic heterocycles. The summed E-state index contributed by atoms with van der Waals surface area (Å²) in [5.41, 5.74) is 0.867. The molecule has 0 aliphatic rings. The van der Waals surface area contributed by atoms with Crippen LogP contribution in [0, 0.1) is 0 Å². The average Bonchev–Trinajstić information content (AvgIpc) is 2.08. The van der Waals surface area contributed by atoms with Crippen molar-refractivity contribution in [3.8, 4) is 0 Å². The fourth-order valence-electron chi connectivity index (χ4n) is 0.985. The normalized spacial score (nSPS) is 10.7. The van der Waals surface area contributed by atoms with Gasteiger partial charge in [-0.05, 0) is 24.0 Å². The highest BCUT2D eigenvalue weighted by Gasteiger charge is 2.04. The Balaban J connectivity index is 3.18. The first-order chi connectivity index (χ1) is 6.15. The maximum atomic E-state index is 10.9. The van der Waals surface area contributed by atoms with E-state index >= 15 is 0 Å². The second-order valence-electron chi connectivity index (χ2n) is 2.46. The second-order valence-corrected chi connectivity index (χ2v) is 5.24. The van der Waals surface area contributed by atoms with Crippen LogP contribution in [0.5, 0.6) is 0 Å². The minimum absolute atomic E-state index is 0.415. The van der Waals surface area contributed by atoms with Crippen molar-refractivity contribution in [2.75, 3.05) is 6.26 Å². The van der Waals surface area contributed by atoms with Gasteiger partial charge in [-0.15, -0.1) is 0 Å². The van der Waals surface area contributed by atoms with Crippen LogP contribution in [0.2, 0.25) is 0 Å². The Hall–Kier alpha value is -0.000000000000000111. The first-order valence-corrected chi connectivity index (χ1v) is 6.93. The molecule has 0 spiro atoms. The van der Waals surface area contributed by atoms with Crippen LogP contribution in [-0.2, 0) is 16.5 Å². The van der Waals surface area contributed by atoms with Gasteiger partial charge in [0, 0.05) is 10.2 Å². The molecule has 0 radical (unpaired) electrons. The molecule has 5 heteroatoms. The predicted octanol–water partition coefficient (Wildman–Crippen LogP) is 2.28. The first kappa shape index (κ1) is 11.1. The van der Waals surface area contributed by atoms with Crippen molar-refractivity contribution < 1.29 is 8.42 Å². The van der Waals surface area contributed by atoms with Gasteiger partial charge in [-0.2, -0.15) is 11.8 Å². The van der Waals surface area contributed by atoms with Gasteiger partial charge in [0.1, 0.15) is 0 Å². The largest absolute Gasteiger partial charge is 0.227 e. The van der Waals surface area contributed by atoms with Gasteiger partial charge in [0.25, 0.3) is 0 Å². The summed E-state index contributed by atoms with van der Waals surface area (Å²) in [6.07, 6.45) is 1.95. The molecule has 0 amide bonds. The zero-order valence-electron chi connectivity index (χ0n) is 6.99. The van der Waals surface area contributed by atoms with Crippen LogP contribution in [0.1, 0.15) is 5.56 Å². The van der Waals surface area contributed by atoms with Gasteiger partial charge in [0.15, 0.2) is 10.7 Å².